The highest BCUT2D eigenvalue weighted by molar-refractivity contribution is 5.99. The number of carbonyl (C=O) groups excluding carboxylic acids is 3. The van der Waals surface area contributed by atoms with Gasteiger partial charge in [0.2, 0.25) is 11.8 Å². The molecular weight excluding hydrogens is 416 g/mol. The van der Waals surface area contributed by atoms with Gasteiger partial charge in [0.25, 0.3) is 0 Å². The standard InChI is InChI=1S/C27H34N2O4/c1-33-26(32)27-14-6-5-10-21-11-7-15-29(24(21)27)25(31)22(27)18-23(30)28-16-12-20(13-17-28)19-8-3-2-4-9-19/h2-4,8-9,20,22H,5-7,10-18H2,1H3/t22-,27-/m1/s1. The normalized spacial score (nSPS) is 27.9. The summed E-state index contributed by atoms with van der Waals surface area (Å²) in [5, 5.41) is 0. The fourth-order valence-corrected chi connectivity index (χ4v) is 6.77. The molecule has 0 radical (unpaired) electrons. The topological polar surface area (TPSA) is 66.9 Å². The molecule has 0 spiro atoms. The number of amides is 2. The Morgan fingerprint density at radius 2 is 1.76 bits per heavy atom. The molecule has 0 aromatic heterocycles. The Balaban J connectivity index is 1.37. The molecule has 2 saturated heterocycles. The van der Waals surface area contributed by atoms with Crippen molar-refractivity contribution in [3.8, 4) is 0 Å². The molecule has 1 aromatic rings. The van der Waals surface area contributed by atoms with Crippen LogP contribution >= 0.6 is 0 Å². The third-order valence-electron chi connectivity index (χ3n) is 8.39. The van der Waals surface area contributed by atoms with Crippen molar-refractivity contribution in [1.29, 1.82) is 0 Å². The summed E-state index contributed by atoms with van der Waals surface area (Å²) in [6, 6.07) is 10.5. The van der Waals surface area contributed by atoms with E-state index < -0.39 is 11.3 Å². The van der Waals surface area contributed by atoms with Crippen LogP contribution in [0.4, 0.5) is 0 Å². The van der Waals surface area contributed by atoms with Gasteiger partial charge in [0.15, 0.2) is 0 Å². The van der Waals surface area contributed by atoms with Crippen molar-refractivity contribution in [3.63, 3.8) is 0 Å². The summed E-state index contributed by atoms with van der Waals surface area (Å²) in [4.78, 5) is 44.1. The minimum atomic E-state index is -0.990. The maximum atomic E-state index is 13.6. The van der Waals surface area contributed by atoms with Gasteiger partial charge < -0.3 is 14.5 Å². The van der Waals surface area contributed by atoms with Crippen molar-refractivity contribution in [3.05, 3.63) is 47.2 Å². The average Bonchev–Trinajstić information content (AvgIpc) is 2.99. The van der Waals surface area contributed by atoms with E-state index in [9.17, 15) is 14.4 Å². The van der Waals surface area contributed by atoms with E-state index in [0.29, 0.717) is 32.0 Å². The molecule has 0 N–H and O–H groups in total. The highest BCUT2D eigenvalue weighted by Crippen LogP contribution is 2.56. The van der Waals surface area contributed by atoms with Crippen molar-refractivity contribution in [2.24, 2.45) is 11.3 Å². The third kappa shape index (κ3) is 3.68. The number of hydrogen-bond acceptors (Lipinski definition) is 4. The SMILES string of the molecule is COC(=O)[C@@]12CCCCC3=C1N(CCC3)C(=O)[C@H]2CC(=O)N1CCC(c2ccccc2)CC1. The molecule has 2 amide bonds. The van der Waals surface area contributed by atoms with Gasteiger partial charge in [0, 0.05) is 31.8 Å². The van der Waals surface area contributed by atoms with E-state index >= 15 is 0 Å². The smallest absolute Gasteiger partial charge is 0.318 e. The number of nitrogens with zero attached hydrogens (tertiary/aromatic N) is 2. The predicted molar refractivity (Wildman–Crippen MR) is 124 cm³/mol. The van der Waals surface area contributed by atoms with Gasteiger partial charge in [0.1, 0.15) is 5.41 Å². The molecule has 2 atom stereocenters. The molecular formula is C27H34N2O4. The fourth-order valence-electron chi connectivity index (χ4n) is 6.77. The first-order valence-corrected chi connectivity index (χ1v) is 12.5. The molecule has 1 aromatic carbocycles. The first kappa shape index (κ1) is 22.2. The summed E-state index contributed by atoms with van der Waals surface area (Å²) >= 11 is 0. The minimum absolute atomic E-state index is 0.00520. The van der Waals surface area contributed by atoms with Crippen molar-refractivity contribution in [1.82, 2.24) is 9.80 Å². The Hall–Kier alpha value is -2.63. The number of esters is 1. The second kappa shape index (κ2) is 8.96. The van der Waals surface area contributed by atoms with Gasteiger partial charge in [-0.25, -0.2) is 0 Å². The van der Waals surface area contributed by atoms with Gasteiger partial charge in [-0.05, 0) is 62.0 Å². The molecule has 4 aliphatic rings. The van der Waals surface area contributed by atoms with Crippen LogP contribution in [-0.4, -0.2) is 54.3 Å². The summed E-state index contributed by atoms with van der Waals surface area (Å²) in [5.41, 5.74) is 2.46. The van der Waals surface area contributed by atoms with Crippen molar-refractivity contribution in [2.45, 2.75) is 63.7 Å². The number of allylic oxidation sites excluding steroid dienone is 1. The molecule has 33 heavy (non-hydrogen) atoms. The first-order chi connectivity index (χ1) is 16.1. The number of hydrogen-bond donors (Lipinski definition) is 0. The zero-order valence-electron chi connectivity index (χ0n) is 19.6. The summed E-state index contributed by atoms with van der Waals surface area (Å²) in [6.07, 6.45) is 7.23. The predicted octanol–water partition coefficient (Wildman–Crippen LogP) is 4.02. The fraction of sp³-hybridized carbons (Fsp3) is 0.593. The highest BCUT2D eigenvalue weighted by Gasteiger charge is 2.63. The summed E-state index contributed by atoms with van der Waals surface area (Å²) in [5.74, 6) is -0.578. The summed E-state index contributed by atoms with van der Waals surface area (Å²) in [7, 11) is 1.41. The van der Waals surface area contributed by atoms with Gasteiger partial charge >= 0.3 is 5.97 Å². The molecule has 0 unspecified atom stereocenters. The van der Waals surface area contributed by atoms with Crippen LogP contribution < -0.4 is 0 Å². The van der Waals surface area contributed by atoms with E-state index in [0.717, 1.165) is 50.6 Å². The Morgan fingerprint density at radius 1 is 1.03 bits per heavy atom. The van der Waals surface area contributed by atoms with Crippen LogP contribution in [0.3, 0.4) is 0 Å². The Labute approximate surface area is 196 Å². The molecule has 176 valence electrons. The zero-order chi connectivity index (χ0) is 23.0. The summed E-state index contributed by atoms with van der Waals surface area (Å²) in [6.45, 7) is 2.04. The molecule has 2 fully saturated rings. The Kier molecular flexibility index (Phi) is 6.02. The first-order valence-electron chi connectivity index (χ1n) is 12.5. The Bertz CT molecular complexity index is 964. The second-order valence-electron chi connectivity index (χ2n) is 10.0. The van der Waals surface area contributed by atoms with Crippen LogP contribution in [0.1, 0.15) is 69.3 Å². The molecule has 3 heterocycles. The Morgan fingerprint density at radius 3 is 2.48 bits per heavy atom. The van der Waals surface area contributed by atoms with Crippen molar-refractivity contribution >= 4 is 17.8 Å². The number of likely N-dealkylation sites (tertiary alicyclic amines) is 1. The maximum Gasteiger partial charge on any atom is 0.318 e. The maximum absolute atomic E-state index is 13.6. The lowest BCUT2D eigenvalue weighted by molar-refractivity contribution is -0.156. The average molecular weight is 451 g/mol. The minimum Gasteiger partial charge on any atom is -0.468 e. The number of ether oxygens (including phenoxy) is 1. The van der Waals surface area contributed by atoms with Crippen molar-refractivity contribution in [2.75, 3.05) is 26.7 Å². The summed E-state index contributed by atoms with van der Waals surface area (Å²) < 4.78 is 5.31. The van der Waals surface area contributed by atoms with Gasteiger partial charge in [-0.15, -0.1) is 0 Å². The quantitative estimate of drug-likeness (QED) is 0.650. The molecule has 1 aliphatic carbocycles. The van der Waals surface area contributed by atoms with E-state index in [4.69, 9.17) is 4.74 Å². The number of carbonyl (C=O) groups is 3. The lowest BCUT2D eigenvalue weighted by Crippen LogP contribution is -2.44. The molecule has 3 aliphatic heterocycles. The molecule has 6 nitrogen and oxygen atoms in total. The van der Waals surface area contributed by atoms with Crippen LogP contribution in [0, 0.1) is 11.3 Å². The van der Waals surface area contributed by atoms with Crippen molar-refractivity contribution < 1.29 is 19.1 Å². The molecule has 6 heteroatoms. The van der Waals surface area contributed by atoms with Gasteiger partial charge in [-0.1, -0.05) is 36.8 Å². The van der Waals surface area contributed by atoms with Gasteiger partial charge in [-0.3, -0.25) is 14.4 Å². The van der Waals surface area contributed by atoms with Crippen LogP contribution in [0.25, 0.3) is 0 Å². The van der Waals surface area contributed by atoms with E-state index in [-0.39, 0.29) is 24.2 Å². The van der Waals surface area contributed by atoms with E-state index in [1.165, 1.54) is 18.2 Å². The van der Waals surface area contributed by atoms with Crippen LogP contribution in [0.5, 0.6) is 0 Å². The van der Waals surface area contributed by atoms with Crippen LogP contribution in [0.15, 0.2) is 41.6 Å². The zero-order valence-corrected chi connectivity index (χ0v) is 19.6. The lowest BCUT2D eigenvalue weighted by Gasteiger charge is -2.36. The van der Waals surface area contributed by atoms with E-state index in [2.05, 4.69) is 24.3 Å². The van der Waals surface area contributed by atoms with Gasteiger partial charge in [0.05, 0.1) is 13.0 Å². The van der Waals surface area contributed by atoms with E-state index in [1.54, 1.807) is 0 Å². The number of piperidine rings is 1. The van der Waals surface area contributed by atoms with E-state index in [1.807, 2.05) is 15.9 Å². The van der Waals surface area contributed by atoms with Crippen LogP contribution in [0.2, 0.25) is 0 Å². The number of methoxy groups -OCH3 is 1. The monoisotopic (exact) mass is 450 g/mol. The number of rotatable bonds is 4. The second-order valence-corrected chi connectivity index (χ2v) is 10.0. The number of benzene rings is 1. The molecule has 5 rings (SSSR count). The third-order valence-corrected chi connectivity index (χ3v) is 8.39. The lowest BCUT2D eigenvalue weighted by atomic mass is 9.70. The highest BCUT2D eigenvalue weighted by atomic mass is 16.5. The molecule has 0 bridgehead atoms. The van der Waals surface area contributed by atoms with Gasteiger partial charge in [-0.2, -0.15) is 0 Å². The largest absolute Gasteiger partial charge is 0.468 e. The molecule has 0 saturated carbocycles. The van der Waals surface area contributed by atoms with Crippen LogP contribution in [-0.2, 0) is 19.1 Å².